The number of rotatable bonds is 2. The Labute approximate surface area is 140 Å². The first-order valence-electron chi connectivity index (χ1n) is 6.90. The van der Waals surface area contributed by atoms with E-state index in [1.807, 2.05) is 36.4 Å². The number of nitrogens with zero attached hydrogens (tertiary/aromatic N) is 4. The normalized spacial score (nSPS) is 11.4. The van der Waals surface area contributed by atoms with Crippen LogP contribution in [-0.4, -0.2) is 19.2 Å². The predicted octanol–water partition coefficient (Wildman–Crippen LogP) is 3.43. The molecule has 0 fully saturated rings. The maximum Gasteiger partial charge on any atom is 0.340 e. The molecule has 0 atom stereocenters. The number of halogens is 2. The standard InChI is InChI=1S/C16H10Cl2N4O/c17-9-14-19-20-15-12-7-6-10(18)8-13(12)21(16(23)22(14)15)11-4-2-1-3-5-11/h1-8H,9H2. The fraction of sp³-hybridized carbons (Fsp3) is 0.0625. The first-order valence-corrected chi connectivity index (χ1v) is 7.81. The molecule has 0 bridgehead atoms. The van der Waals surface area contributed by atoms with E-state index >= 15 is 0 Å². The Balaban J connectivity index is 2.28. The summed E-state index contributed by atoms with van der Waals surface area (Å²) < 4.78 is 3.03. The van der Waals surface area contributed by atoms with Crippen molar-refractivity contribution < 1.29 is 0 Å². The molecule has 0 amide bonds. The summed E-state index contributed by atoms with van der Waals surface area (Å²) in [4.78, 5) is 13.0. The molecule has 0 aliphatic rings. The van der Waals surface area contributed by atoms with Crippen LogP contribution in [0.5, 0.6) is 0 Å². The van der Waals surface area contributed by atoms with Crippen molar-refractivity contribution in [1.29, 1.82) is 0 Å². The van der Waals surface area contributed by atoms with Crippen molar-refractivity contribution in [2.24, 2.45) is 0 Å². The highest BCUT2D eigenvalue weighted by Crippen LogP contribution is 2.24. The summed E-state index contributed by atoms with van der Waals surface area (Å²) in [6.45, 7) is 0. The average molecular weight is 345 g/mol. The van der Waals surface area contributed by atoms with Crippen molar-refractivity contribution in [2.75, 3.05) is 0 Å². The van der Waals surface area contributed by atoms with Gasteiger partial charge in [0.05, 0.1) is 17.1 Å². The van der Waals surface area contributed by atoms with Crippen molar-refractivity contribution in [3.63, 3.8) is 0 Å². The average Bonchev–Trinajstić information content (AvgIpc) is 3.00. The first kappa shape index (κ1) is 14.2. The quantitative estimate of drug-likeness (QED) is 0.523. The summed E-state index contributed by atoms with van der Waals surface area (Å²) in [5, 5.41) is 9.46. The lowest BCUT2D eigenvalue weighted by Crippen LogP contribution is -2.27. The molecule has 0 saturated carbocycles. The molecule has 0 aliphatic carbocycles. The summed E-state index contributed by atoms with van der Waals surface area (Å²) in [5.74, 6) is 0.512. The highest BCUT2D eigenvalue weighted by atomic mass is 35.5. The molecular weight excluding hydrogens is 335 g/mol. The van der Waals surface area contributed by atoms with Crippen molar-refractivity contribution in [3.05, 3.63) is 69.9 Å². The highest BCUT2D eigenvalue weighted by molar-refractivity contribution is 6.31. The summed E-state index contributed by atoms with van der Waals surface area (Å²) in [6.07, 6.45) is 0. The lowest BCUT2D eigenvalue weighted by molar-refractivity contribution is 0.873. The third-order valence-corrected chi connectivity index (χ3v) is 4.16. The van der Waals surface area contributed by atoms with E-state index in [1.165, 1.54) is 4.40 Å². The Morgan fingerprint density at radius 3 is 2.57 bits per heavy atom. The fourth-order valence-electron chi connectivity index (χ4n) is 2.69. The Kier molecular flexibility index (Phi) is 3.32. The zero-order valence-electron chi connectivity index (χ0n) is 11.8. The van der Waals surface area contributed by atoms with Crippen LogP contribution < -0.4 is 5.69 Å². The molecule has 5 nitrogen and oxygen atoms in total. The van der Waals surface area contributed by atoms with E-state index in [-0.39, 0.29) is 11.6 Å². The maximum atomic E-state index is 13.0. The summed E-state index contributed by atoms with van der Waals surface area (Å²) in [5.41, 5.74) is 1.61. The van der Waals surface area contributed by atoms with Crippen LogP contribution in [-0.2, 0) is 5.88 Å². The second-order valence-corrected chi connectivity index (χ2v) is 5.73. The molecule has 0 unspecified atom stereocenters. The number of aromatic nitrogens is 4. The molecule has 0 radical (unpaired) electrons. The third-order valence-electron chi connectivity index (χ3n) is 3.69. The first-order chi connectivity index (χ1) is 11.2. The van der Waals surface area contributed by atoms with Gasteiger partial charge in [-0.15, -0.1) is 21.8 Å². The zero-order valence-corrected chi connectivity index (χ0v) is 13.3. The predicted molar refractivity (Wildman–Crippen MR) is 90.7 cm³/mol. The third kappa shape index (κ3) is 2.12. The molecule has 2 heterocycles. The Hall–Kier alpha value is -2.37. The lowest BCUT2D eigenvalue weighted by Gasteiger charge is -2.12. The molecule has 114 valence electrons. The molecule has 0 saturated heterocycles. The van der Waals surface area contributed by atoms with Gasteiger partial charge in [0, 0.05) is 10.4 Å². The van der Waals surface area contributed by atoms with Crippen LogP contribution in [0.2, 0.25) is 5.02 Å². The Morgan fingerprint density at radius 1 is 1.04 bits per heavy atom. The largest absolute Gasteiger partial charge is 0.340 e. The highest BCUT2D eigenvalue weighted by Gasteiger charge is 2.17. The van der Waals surface area contributed by atoms with E-state index in [1.54, 1.807) is 16.7 Å². The summed E-state index contributed by atoms with van der Waals surface area (Å²) in [7, 11) is 0. The van der Waals surface area contributed by atoms with Crippen LogP contribution in [0.3, 0.4) is 0 Å². The Bertz CT molecular complexity index is 1090. The van der Waals surface area contributed by atoms with E-state index in [0.29, 0.717) is 22.0 Å². The number of benzene rings is 2. The minimum absolute atomic E-state index is 0.101. The van der Waals surface area contributed by atoms with Gasteiger partial charge in [0.2, 0.25) is 0 Å². The van der Waals surface area contributed by atoms with Gasteiger partial charge in [-0.3, -0.25) is 4.57 Å². The van der Waals surface area contributed by atoms with E-state index in [2.05, 4.69) is 10.2 Å². The van der Waals surface area contributed by atoms with Gasteiger partial charge in [0.15, 0.2) is 11.5 Å². The van der Waals surface area contributed by atoms with Gasteiger partial charge in [0.25, 0.3) is 0 Å². The SMILES string of the molecule is O=c1n(-c2ccccc2)c2cc(Cl)ccc2c2nnc(CCl)n12. The molecule has 2 aromatic heterocycles. The van der Waals surface area contributed by atoms with Crippen LogP contribution >= 0.6 is 23.2 Å². The van der Waals surface area contributed by atoms with Gasteiger partial charge in [-0.1, -0.05) is 29.8 Å². The van der Waals surface area contributed by atoms with E-state index in [9.17, 15) is 4.79 Å². The van der Waals surface area contributed by atoms with E-state index in [4.69, 9.17) is 23.2 Å². The number of para-hydroxylation sites is 1. The monoisotopic (exact) mass is 344 g/mol. The lowest BCUT2D eigenvalue weighted by atomic mass is 10.2. The fourth-order valence-corrected chi connectivity index (χ4v) is 3.03. The number of hydrogen-bond donors (Lipinski definition) is 0. The molecule has 7 heteroatoms. The van der Waals surface area contributed by atoms with Crippen molar-refractivity contribution in [2.45, 2.75) is 5.88 Å². The van der Waals surface area contributed by atoms with Crippen molar-refractivity contribution in [3.8, 4) is 5.69 Å². The molecule has 23 heavy (non-hydrogen) atoms. The molecular formula is C16H10Cl2N4O. The molecule has 0 N–H and O–H groups in total. The maximum absolute atomic E-state index is 13.0. The van der Waals surface area contributed by atoms with Crippen LogP contribution in [0.15, 0.2) is 53.3 Å². The van der Waals surface area contributed by atoms with Gasteiger partial charge in [0.1, 0.15) is 0 Å². The number of fused-ring (bicyclic) bond motifs is 3. The van der Waals surface area contributed by atoms with Gasteiger partial charge in [-0.2, -0.15) is 0 Å². The minimum Gasteiger partial charge on any atom is -0.261 e. The molecule has 0 aliphatic heterocycles. The number of hydrogen-bond acceptors (Lipinski definition) is 3. The van der Waals surface area contributed by atoms with Crippen molar-refractivity contribution in [1.82, 2.24) is 19.2 Å². The van der Waals surface area contributed by atoms with Crippen LogP contribution in [0.1, 0.15) is 5.82 Å². The molecule has 2 aromatic carbocycles. The zero-order chi connectivity index (χ0) is 16.0. The topological polar surface area (TPSA) is 52.2 Å². The van der Waals surface area contributed by atoms with Crippen LogP contribution in [0, 0.1) is 0 Å². The van der Waals surface area contributed by atoms with Gasteiger partial charge >= 0.3 is 5.69 Å². The van der Waals surface area contributed by atoms with E-state index in [0.717, 1.165) is 11.1 Å². The van der Waals surface area contributed by atoms with Gasteiger partial charge < -0.3 is 0 Å². The second kappa shape index (κ2) is 5.37. The second-order valence-electron chi connectivity index (χ2n) is 5.02. The minimum atomic E-state index is -0.276. The number of alkyl halides is 1. The van der Waals surface area contributed by atoms with Crippen LogP contribution in [0.4, 0.5) is 0 Å². The molecule has 4 rings (SSSR count). The smallest absolute Gasteiger partial charge is 0.261 e. The molecule has 4 aromatic rings. The summed E-state index contributed by atoms with van der Waals surface area (Å²) >= 11 is 12.0. The van der Waals surface area contributed by atoms with Crippen LogP contribution in [0.25, 0.3) is 22.2 Å². The van der Waals surface area contributed by atoms with E-state index < -0.39 is 0 Å². The van der Waals surface area contributed by atoms with Crippen molar-refractivity contribution >= 4 is 39.8 Å². The summed E-state index contributed by atoms with van der Waals surface area (Å²) in [6, 6.07) is 14.7. The van der Waals surface area contributed by atoms with Gasteiger partial charge in [-0.05, 0) is 30.3 Å². The van der Waals surface area contributed by atoms with Gasteiger partial charge in [-0.25, -0.2) is 9.20 Å². The molecule has 0 spiro atoms. The Morgan fingerprint density at radius 2 is 1.83 bits per heavy atom.